The second-order valence-electron chi connectivity index (χ2n) is 4.35. The minimum atomic E-state index is -3.24. The van der Waals surface area contributed by atoms with Crippen molar-refractivity contribution >= 4 is 20.0 Å². The monoisotopic (exact) mass is 258 g/mol. The molecule has 0 aromatic rings. The van der Waals surface area contributed by atoms with Crippen LogP contribution in [0.15, 0.2) is 0 Å². The van der Waals surface area contributed by atoms with Gasteiger partial charge in [0.2, 0.25) is 20.0 Å². The van der Waals surface area contributed by atoms with Gasteiger partial charge in [0, 0.05) is 13.1 Å². The SMILES string of the molecule is CC(C)(CNS(C)(=O)=O)CNS(C)(=O)=O. The summed E-state index contributed by atoms with van der Waals surface area (Å²) < 4.78 is 48.0. The molecular formula is C7H18N2O4S2. The van der Waals surface area contributed by atoms with Gasteiger partial charge in [0.15, 0.2) is 0 Å². The first kappa shape index (κ1) is 14.8. The average molecular weight is 258 g/mol. The van der Waals surface area contributed by atoms with Crippen LogP contribution in [0.3, 0.4) is 0 Å². The standard InChI is InChI=1S/C7H18N2O4S2/c1-7(2,5-8-14(3,10)11)6-9-15(4,12)13/h8-9H,5-6H2,1-4H3. The van der Waals surface area contributed by atoms with Crippen LogP contribution in [0.1, 0.15) is 13.8 Å². The molecule has 0 aliphatic heterocycles. The molecule has 15 heavy (non-hydrogen) atoms. The number of sulfonamides is 2. The number of nitrogens with one attached hydrogen (secondary N) is 2. The van der Waals surface area contributed by atoms with Crippen molar-refractivity contribution in [1.29, 1.82) is 0 Å². The number of rotatable bonds is 6. The normalized spacial score (nSPS) is 14.1. The zero-order valence-corrected chi connectivity index (χ0v) is 11.0. The van der Waals surface area contributed by atoms with Gasteiger partial charge in [-0.3, -0.25) is 0 Å². The van der Waals surface area contributed by atoms with Crippen LogP contribution in [-0.4, -0.2) is 42.4 Å². The van der Waals surface area contributed by atoms with Crippen molar-refractivity contribution in [3.63, 3.8) is 0 Å². The van der Waals surface area contributed by atoms with Crippen LogP contribution in [0, 0.1) is 5.41 Å². The van der Waals surface area contributed by atoms with E-state index in [1.807, 2.05) is 0 Å². The first-order valence-corrected chi connectivity index (χ1v) is 8.09. The lowest BCUT2D eigenvalue weighted by atomic mass is 9.95. The van der Waals surface area contributed by atoms with Gasteiger partial charge in [0.1, 0.15) is 0 Å². The Kier molecular flexibility index (Phi) is 4.71. The third-order valence-corrected chi connectivity index (χ3v) is 2.96. The lowest BCUT2D eigenvalue weighted by Crippen LogP contribution is -2.41. The van der Waals surface area contributed by atoms with E-state index in [0.717, 1.165) is 12.5 Å². The summed E-state index contributed by atoms with van der Waals surface area (Å²) in [6.45, 7) is 3.91. The molecule has 92 valence electrons. The highest BCUT2D eigenvalue weighted by Crippen LogP contribution is 2.12. The van der Waals surface area contributed by atoms with E-state index in [-0.39, 0.29) is 13.1 Å². The summed E-state index contributed by atoms with van der Waals surface area (Å²) in [5.74, 6) is 0. The zero-order valence-electron chi connectivity index (χ0n) is 9.36. The van der Waals surface area contributed by atoms with Gasteiger partial charge in [-0.15, -0.1) is 0 Å². The summed E-state index contributed by atoms with van der Waals surface area (Å²) >= 11 is 0. The predicted molar refractivity (Wildman–Crippen MR) is 59.5 cm³/mol. The maximum atomic E-state index is 10.8. The Bertz CT molecular complexity index is 359. The van der Waals surface area contributed by atoms with Crippen molar-refractivity contribution < 1.29 is 16.8 Å². The number of hydrogen-bond acceptors (Lipinski definition) is 4. The van der Waals surface area contributed by atoms with Crippen molar-refractivity contribution in [3.8, 4) is 0 Å². The Labute approximate surface area is 91.6 Å². The molecule has 0 aromatic carbocycles. The molecule has 0 aliphatic carbocycles. The minimum Gasteiger partial charge on any atom is -0.215 e. The van der Waals surface area contributed by atoms with Crippen LogP contribution in [-0.2, 0) is 20.0 Å². The van der Waals surface area contributed by atoms with Crippen molar-refractivity contribution in [3.05, 3.63) is 0 Å². The zero-order chi connectivity index (χ0) is 12.3. The Balaban J connectivity index is 4.21. The molecule has 0 aromatic heterocycles. The Morgan fingerprint density at radius 2 is 1.13 bits per heavy atom. The quantitative estimate of drug-likeness (QED) is 0.646. The van der Waals surface area contributed by atoms with Gasteiger partial charge in [-0.1, -0.05) is 13.8 Å². The molecule has 0 fully saturated rings. The second-order valence-corrected chi connectivity index (χ2v) is 8.02. The molecule has 0 aliphatic rings. The molecule has 6 nitrogen and oxygen atoms in total. The van der Waals surface area contributed by atoms with Crippen LogP contribution < -0.4 is 9.44 Å². The predicted octanol–water partition coefficient (Wildman–Crippen LogP) is -0.889. The minimum absolute atomic E-state index is 0.189. The highest BCUT2D eigenvalue weighted by atomic mass is 32.2. The number of hydrogen-bond donors (Lipinski definition) is 2. The molecule has 0 saturated carbocycles. The van der Waals surface area contributed by atoms with E-state index in [2.05, 4.69) is 9.44 Å². The van der Waals surface area contributed by atoms with Crippen LogP contribution in [0.5, 0.6) is 0 Å². The van der Waals surface area contributed by atoms with Gasteiger partial charge in [-0.25, -0.2) is 26.3 Å². The van der Waals surface area contributed by atoms with Crippen LogP contribution >= 0.6 is 0 Å². The van der Waals surface area contributed by atoms with Gasteiger partial charge in [0.05, 0.1) is 12.5 Å². The molecular weight excluding hydrogens is 240 g/mol. The Hall–Kier alpha value is -0.180. The van der Waals surface area contributed by atoms with E-state index >= 15 is 0 Å². The molecule has 0 unspecified atom stereocenters. The van der Waals surface area contributed by atoms with Gasteiger partial charge in [-0.2, -0.15) is 0 Å². The van der Waals surface area contributed by atoms with Gasteiger partial charge < -0.3 is 0 Å². The molecule has 0 radical (unpaired) electrons. The fourth-order valence-electron chi connectivity index (χ4n) is 0.715. The summed E-state index contributed by atoms with van der Waals surface area (Å²) in [7, 11) is -6.48. The van der Waals surface area contributed by atoms with Crippen molar-refractivity contribution in [1.82, 2.24) is 9.44 Å². The highest BCUT2D eigenvalue weighted by molar-refractivity contribution is 7.89. The maximum Gasteiger partial charge on any atom is 0.208 e. The van der Waals surface area contributed by atoms with Gasteiger partial charge in [-0.05, 0) is 5.41 Å². The molecule has 0 amide bonds. The van der Waals surface area contributed by atoms with E-state index in [9.17, 15) is 16.8 Å². The van der Waals surface area contributed by atoms with Crippen LogP contribution in [0.2, 0.25) is 0 Å². The maximum absolute atomic E-state index is 10.8. The summed E-state index contributed by atoms with van der Waals surface area (Å²) in [5, 5.41) is 0. The molecule has 8 heteroatoms. The largest absolute Gasteiger partial charge is 0.215 e. The lowest BCUT2D eigenvalue weighted by Gasteiger charge is -2.24. The van der Waals surface area contributed by atoms with E-state index in [1.54, 1.807) is 13.8 Å². The Morgan fingerprint density at radius 3 is 1.33 bits per heavy atom. The third kappa shape index (κ3) is 10.1. The van der Waals surface area contributed by atoms with Crippen molar-refractivity contribution in [2.75, 3.05) is 25.6 Å². The van der Waals surface area contributed by atoms with Crippen molar-refractivity contribution in [2.24, 2.45) is 5.41 Å². The summed E-state index contributed by atoms with van der Waals surface area (Å²) in [5.41, 5.74) is -0.466. The van der Waals surface area contributed by atoms with Gasteiger partial charge in [0.25, 0.3) is 0 Å². The fraction of sp³-hybridized carbons (Fsp3) is 1.00. The molecule has 2 N–H and O–H groups in total. The van der Waals surface area contributed by atoms with E-state index in [4.69, 9.17) is 0 Å². The van der Waals surface area contributed by atoms with E-state index in [1.165, 1.54) is 0 Å². The highest BCUT2D eigenvalue weighted by Gasteiger charge is 2.20. The van der Waals surface area contributed by atoms with Crippen LogP contribution in [0.25, 0.3) is 0 Å². The molecule has 0 saturated heterocycles. The van der Waals surface area contributed by atoms with E-state index < -0.39 is 25.5 Å². The summed E-state index contributed by atoms with van der Waals surface area (Å²) in [6, 6.07) is 0. The smallest absolute Gasteiger partial charge is 0.208 e. The average Bonchev–Trinajstić information content (AvgIpc) is 1.96. The lowest BCUT2D eigenvalue weighted by molar-refractivity contribution is 0.362. The first-order valence-electron chi connectivity index (χ1n) is 4.31. The van der Waals surface area contributed by atoms with Crippen molar-refractivity contribution in [2.45, 2.75) is 13.8 Å². The molecule has 0 bridgehead atoms. The Morgan fingerprint density at radius 1 is 0.867 bits per heavy atom. The third-order valence-electron chi connectivity index (χ3n) is 1.63. The van der Waals surface area contributed by atoms with Gasteiger partial charge >= 0.3 is 0 Å². The van der Waals surface area contributed by atoms with Crippen LogP contribution in [0.4, 0.5) is 0 Å². The van der Waals surface area contributed by atoms with E-state index in [0.29, 0.717) is 0 Å². The fourth-order valence-corrected chi connectivity index (χ4v) is 2.02. The summed E-state index contributed by atoms with van der Waals surface area (Å²) in [6.07, 6.45) is 2.13. The topological polar surface area (TPSA) is 92.3 Å². The second kappa shape index (κ2) is 4.77. The molecule has 0 heterocycles. The molecule has 0 atom stereocenters. The first-order chi connectivity index (χ1) is 6.41. The summed E-state index contributed by atoms with van der Waals surface area (Å²) in [4.78, 5) is 0. The molecule has 0 rings (SSSR count). The molecule has 0 spiro atoms.